The molecule has 0 radical (unpaired) electrons. The van der Waals surface area contributed by atoms with Crippen molar-refractivity contribution in [1.29, 1.82) is 0 Å². The summed E-state index contributed by atoms with van der Waals surface area (Å²) in [4.78, 5) is 1.65. The quantitative estimate of drug-likeness (QED) is 0.497. The van der Waals surface area contributed by atoms with Crippen LogP contribution in [0.25, 0.3) is 0 Å². The monoisotopic (exact) mass is 136 g/mol. The first-order valence-electron chi connectivity index (χ1n) is 1.20. The molecule has 0 heterocycles. The number of methoxy groups -OCH3 is 1. The zero-order valence-corrected chi connectivity index (χ0v) is 4.53. The molecule has 2 heteroatoms. The maximum Gasteiger partial charge on any atom is 0.0893 e. The first kappa shape index (κ1) is 5.02. The van der Waals surface area contributed by atoms with Gasteiger partial charge in [-0.25, -0.2) is 0 Å². The molecule has 0 spiro atoms. The third-order valence-corrected chi connectivity index (χ3v) is 0.403. The summed E-state index contributed by atoms with van der Waals surface area (Å²) in [6.45, 7) is 0. The molecule has 5 heavy (non-hydrogen) atoms. The Morgan fingerprint density at radius 2 is 2.40 bits per heavy atom. The minimum absolute atomic E-state index is 1.54. The molecule has 0 saturated carbocycles. The molecule has 0 amide bonds. The molecule has 0 N–H and O–H groups in total. The van der Waals surface area contributed by atoms with Crippen LogP contribution in [-0.2, 0) is 4.74 Å². The van der Waals surface area contributed by atoms with Gasteiger partial charge in [0.2, 0.25) is 0 Å². The van der Waals surface area contributed by atoms with E-state index in [-0.39, 0.29) is 0 Å². The van der Waals surface area contributed by atoms with Gasteiger partial charge >= 0.3 is 0 Å². The number of halogens is 1. The van der Waals surface area contributed by atoms with Crippen LogP contribution in [-0.4, -0.2) is 7.11 Å². The Morgan fingerprint density at radius 3 is 2.40 bits per heavy atom. The molecule has 0 atom stereocenters. The lowest BCUT2D eigenvalue weighted by Crippen LogP contribution is -1.56. The normalized spacial score (nSPS) is 9.20. The molecule has 0 saturated heterocycles. The van der Waals surface area contributed by atoms with Crippen molar-refractivity contribution in [2.75, 3.05) is 7.11 Å². The molecular weight excluding hydrogens is 132 g/mol. The van der Waals surface area contributed by atoms with Crippen molar-refractivity contribution < 1.29 is 4.74 Å². The van der Waals surface area contributed by atoms with Crippen molar-refractivity contribution in [3.05, 3.63) is 11.2 Å². The van der Waals surface area contributed by atoms with Gasteiger partial charge in [-0.2, -0.15) is 0 Å². The first-order chi connectivity index (χ1) is 2.41. The predicted octanol–water partition coefficient (Wildman–Crippen LogP) is 1.50. The summed E-state index contributed by atoms with van der Waals surface area (Å²) < 4.78 is 4.46. The maximum atomic E-state index is 4.46. The Balaban J connectivity index is 2.62. The zero-order valence-electron chi connectivity index (χ0n) is 2.94. The molecule has 0 fully saturated rings. The molecular formula is C3H5BrO. The van der Waals surface area contributed by atoms with E-state index in [0.29, 0.717) is 0 Å². The summed E-state index contributed by atoms with van der Waals surface area (Å²) in [5.74, 6) is 0. The van der Waals surface area contributed by atoms with E-state index in [1.807, 2.05) is 0 Å². The van der Waals surface area contributed by atoms with Gasteiger partial charge in [0.15, 0.2) is 0 Å². The second-order valence-corrected chi connectivity index (χ2v) is 1.03. The average molecular weight is 137 g/mol. The van der Waals surface area contributed by atoms with Crippen LogP contribution in [0.4, 0.5) is 0 Å². The van der Waals surface area contributed by atoms with Crippen molar-refractivity contribution >= 4 is 15.9 Å². The van der Waals surface area contributed by atoms with Gasteiger partial charge in [0, 0.05) is 4.99 Å². The standard InChI is InChI=1S/C3H5BrO/c1-5-3-2-4/h2-3H,1H3/b3-2+. The third-order valence-electron chi connectivity index (χ3n) is 0.188. The summed E-state index contributed by atoms with van der Waals surface area (Å²) >= 11 is 3.00. The van der Waals surface area contributed by atoms with Gasteiger partial charge < -0.3 is 4.74 Å². The molecule has 0 unspecified atom stereocenters. The van der Waals surface area contributed by atoms with E-state index < -0.39 is 0 Å². The molecule has 0 aliphatic carbocycles. The van der Waals surface area contributed by atoms with Gasteiger partial charge in [-0.3, -0.25) is 0 Å². The molecule has 30 valence electrons. The van der Waals surface area contributed by atoms with Crippen molar-refractivity contribution in [3.63, 3.8) is 0 Å². The molecule has 0 rings (SSSR count). The Labute approximate surface area is 39.8 Å². The SMILES string of the molecule is CO/C=C/Br. The van der Waals surface area contributed by atoms with E-state index in [2.05, 4.69) is 20.7 Å². The predicted molar refractivity (Wildman–Crippen MR) is 25.1 cm³/mol. The van der Waals surface area contributed by atoms with Crippen LogP contribution in [0.1, 0.15) is 0 Å². The van der Waals surface area contributed by atoms with Crippen LogP contribution >= 0.6 is 15.9 Å². The lowest BCUT2D eigenvalue weighted by atomic mass is 11.1. The fourth-order valence-electron chi connectivity index (χ4n) is 0.0514. The zero-order chi connectivity index (χ0) is 4.12. The fourth-order valence-corrected chi connectivity index (χ4v) is 0.267. The Hall–Kier alpha value is 0.0200. The van der Waals surface area contributed by atoms with E-state index in [1.165, 1.54) is 0 Å². The molecule has 0 aromatic heterocycles. The van der Waals surface area contributed by atoms with E-state index >= 15 is 0 Å². The van der Waals surface area contributed by atoms with Crippen molar-refractivity contribution in [2.45, 2.75) is 0 Å². The van der Waals surface area contributed by atoms with Crippen LogP contribution in [0.3, 0.4) is 0 Å². The first-order valence-corrected chi connectivity index (χ1v) is 2.11. The van der Waals surface area contributed by atoms with Gasteiger partial charge in [-0.15, -0.1) is 0 Å². The van der Waals surface area contributed by atoms with Crippen molar-refractivity contribution in [1.82, 2.24) is 0 Å². The van der Waals surface area contributed by atoms with Gasteiger partial charge in [0.25, 0.3) is 0 Å². The summed E-state index contributed by atoms with van der Waals surface area (Å²) in [5, 5.41) is 0. The van der Waals surface area contributed by atoms with Crippen LogP contribution < -0.4 is 0 Å². The smallest absolute Gasteiger partial charge is 0.0893 e. The second-order valence-electron chi connectivity index (χ2n) is 0.498. The topological polar surface area (TPSA) is 9.23 Å². The van der Waals surface area contributed by atoms with E-state index in [1.54, 1.807) is 18.4 Å². The number of hydrogen-bond acceptors (Lipinski definition) is 1. The Bertz CT molecular complexity index is 33.9. The Morgan fingerprint density at radius 1 is 1.80 bits per heavy atom. The summed E-state index contributed by atoms with van der Waals surface area (Å²) in [6.07, 6.45) is 1.54. The van der Waals surface area contributed by atoms with Crippen molar-refractivity contribution in [3.8, 4) is 0 Å². The van der Waals surface area contributed by atoms with E-state index in [0.717, 1.165) is 0 Å². The van der Waals surface area contributed by atoms with Crippen molar-refractivity contribution in [2.24, 2.45) is 0 Å². The highest BCUT2D eigenvalue weighted by Crippen LogP contribution is 1.79. The fraction of sp³-hybridized carbons (Fsp3) is 0.333. The highest BCUT2D eigenvalue weighted by atomic mass is 79.9. The summed E-state index contributed by atoms with van der Waals surface area (Å²) in [6, 6.07) is 0. The molecule has 0 aliphatic rings. The Kier molecular flexibility index (Phi) is 4.04. The highest BCUT2D eigenvalue weighted by Gasteiger charge is 1.49. The van der Waals surface area contributed by atoms with Crippen LogP contribution in [0.2, 0.25) is 0 Å². The lowest BCUT2D eigenvalue weighted by molar-refractivity contribution is 0.339. The van der Waals surface area contributed by atoms with Gasteiger partial charge in [0.05, 0.1) is 13.4 Å². The van der Waals surface area contributed by atoms with Gasteiger partial charge in [-0.05, 0) is 0 Å². The molecule has 0 aromatic rings. The summed E-state index contributed by atoms with van der Waals surface area (Å²) in [5.41, 5.74) is 0. The minimum atomic E-state index is 1.54. The molecule has 0 aliphatic heterocycles. The molecule has 1 nitrogen and oxygen atoms in total. The van der Waals surface area contributed by atoms with E-state index in [9.17, 15) is 0 Å². The highest BCUT2D eigenvalue weighted by molar-refractivity contribution is 9.11. The average Bonchev–Trinajstić information content (AvgIpc) is 1.41. The van der Waals surface area contributed by atoms with Gasteiger partial charge in [-0.1, -0.05) is 15.9 Å². The largest absolute Gasteiger partial charge is 0.504 e. The summed E-state index contributed by atoms with van der Waals surface area (Å²) in [7, 11) is 1.60. The minimum Gasteiger partial charge on any atom is -0.504 e. The number of hydrogen-bond donors (Lipinski definition) is 0. The van der Waals surface area contributed by atoms with Crippen LogP contribution in [0.5, 0.6) is 0 Å². The molecule has 0 bridgehead atoms. The van der Waals surface area contributed by atoms with E-state index in [4.69, 9.17) is 0 Å². The van der Waals surface area contributed by atoms with Gasteiger partial charge in [0.1, 0.15) is 0 Å². The lowest BCUT2D eigenvalue weighted by Gasteiger charge is -1.75. The third kappa shape index (κ3) is 4.02. The van der Waals surface area contributed by atoms with Crippen LogP contribution in [0.15, 0.2) is 11.2 Å². The number of ether oxygens (including phenoxy) is 1. The maximum absolute atomic E-state index is 4.46. The van der Waals surface area contributed by atoms with Crippen LogP contribution in [0, 0.1) is 0 Å². The molecule has 0 aromatic carbocycles. The number of rotatable bonds is 1. The second kappa shape index (κ2) is 4.02.